The minimum atomic E-state index is -1.37. The summed E-state index contributed by atoms with van der Waals surface area (Å²) in [5.74, 6) is -1.04. The van der Waals surface area contributed by atoms with Crippen LogP contribution in [-0.2, 0) is 20.9 Å². The van der Waals surface area contributed by atoms with E-state index >= 15 is 0 Å². The number of carbonyl (C=O) groups is 3. The molecule has 1 saturated heterocycles. The number of carbonyl (C=O) groups excluding carboxylic acids is 3. The van der Waals surface area contributed by atoms with Gasteiger partial charge in [-0.1, -0.05) is 38.4 Å². The van der Waals surface area contributed by atoms with Gasteiger partial charge in [-0.25, -0.2) is 9.18 Å². The van der Waals surface area contributed by atoms with Crippen molar-refractivity contribution in [3.63, 3.8) is 0 Å². The van der Waals surface area contributed by atoms with Crippen molar-refractivity contribution in [1.29, 1.82) is 0 Å². The predicted octanol–water partition coefficient (Wildman–Crippen LogP) is 4.35. The van der Waals surface area contributed by atoms with E-state index in [1.54, 1.807) is 65.9 Å². The summed E-state index contributed by atoms with van der Waals surface area (Å²) in [4.78, 5) is 40.4. The summed E-state index contributed by atoms with van der Waals surface area (Å²) in [5.41, 5.74) is 0.633. The smallest absolute Gasteiger partial charge is 0.408 e. The highest BCUT2D eigenvalue weighted by molar-refractivity contribution is 6.99. The molecule has 0 radical (unpaired) electrons. The maximum absolute atomic E-state index is 14.5. The number of hydrogen-bond acceptors (Lipinski definition) is 7. The molecule has 3 atom stereocenters. The van der Waals surface area contributed by atoms with Crippen LogP contribution in [0.2, 0.25) is 5.02 Å². The highest BCUT2D eigenvalue weighted by atomic mass is 35.5. The molecule has 0 unspecified atom stereocenters. The van der Waals surface area contributed by atoms with E-state index in [9.17, 15) is 18.8 Å². The van der Waals surface area contributed by atoms with Crippen molar-refractivity contribution in [1.82, 2.24) is 24.3 Å². The van der Waals surface area contributed by atoms with Gasteiger partial charge in [-0.3, -0.25) is 9.59 Å². The van der Waals surface area contributed by atoms with Crippen LogP contribution < -0.4 is 10.6 Å². The van der Waals surface area contributed by atoms with E-state index in [4.69, 9.17) is 16.3 Å². The molecule has 1 aliphatic rings. The van der Waals surface area contributed by atoms with Crippen molar-refractivity contribution in [2.24, 2.45) is 5.41 Å². The van der Waals surface area contributed by atoms with Gasteiger partial charge in [-0.2, -0.15) is 8.75 Å². The van der Waals surface area contributed by atoms with E-state index in [1.165, 1.54) is 4.90 Å². The molecule has 1 aromatic heterocycles. The fourth-order valence-electron chi connectivity index (χ4n) is 4.06. The molecule has 1 fully saturated rings. The lowest BCUT2D eigenvalue weighted by atomic mass is 9.85. The number of aromatic nitrogens is 2. The molecule has 2 N–H and O–H groups in total. The normalized spacial score (nSPS) is 18.9. The number of nitrogens with one attached hydrogen (secondary N) is 2. The number of hydrogen-bond donors (Lipinski definition) is 2. The maximum Gasteiger partial charge on any atom is 0.408 e. The van der Waals surface area contributed by atoms with Crippen LogP contribution in [0.25, 0.3) is 11.3 Å². The second kappa shape index (κ2) is 11.3. The van der Waals surface area contributed by atoms with Crippen molar-refractivity contribution >= 4 is 41.2 Å². The second-order valence-corrected chi connectivity index (χ2v) is 12.1. The van der Waals surface area contributed by atoms with Gasteiger partial charge < -0.3 is 20.3 Å². The molecule has 202 valence electrons. The average molecular weight is 554 g/mol. The molecule has 12 heteroatoms. The molecule has 2 heterocycles. The quantitative estimate of drug-likeness (QED) is 0.550. The van der Waals surface area contributed by atoms with Crippen LogP contribution in [0, 0.1) is 5.41 Å². The molecule has 0 saturated carbocycles. The third kappa shape index (κ3) is 7.61. The molecule has 1 aliphatic heterocycles. The fourth-order valence-corrected chi connectivity index (χ4v) is 4.68. The number of alkyl halides is 1. The van der Waals surface area contributed by atoms with Crippen molar-refractivity contribution in [3.8, 4) is 11.3 Å². The van der Waals surface area contributed by atoms with Gasteiger partial charge in [0.2, 0.25) is 11.8 Å². The minimum absolute atomic E-state index is 0.0978. The van der Waals surface area contributed by atoms with Gasteiger partial charge in [0.1, 0.15) is 29.6 Å². The largest absolute Gasteiger partial charge is 0.444 e. The number of nitrogens with zero attached hydrogens (tertiary/aromatic N) is 3. The summed E-state index contributed by atoms with van der Waals surface area (Å²) in [7, 11) is 0. The van der Waals surface area contributed by atoms with Crippen LogP contribution in [0.3, 0.4) is 0 Å². The third-order valence-corrected chi connectivity index (χ3v) is 6.48. The minimum Gasteiger partial charge on any atom is -0.444 e. The molecule has 9 nitrogen and oxygen atoms in total. The standard InChI is InChI=1S/C25H33ClFN5O4S/c1-24(2,3)20(30-23(35)36-25(4,5)6)22(34)32-13-16(27)10-19(32)21(33)28-11-14-9-15(26)7-8-17(14)18-12-29-37-31-18/h7-9,12,16,19-20H,10-11,13H2,1-6H3,(H,28,33)(H,30,35)/t16-,19+,20+/m1/s1. The Morgan fingerprint density at radius 1 is 1.24 bits per heavy atom. The Morgan fingerprint density at radius 2 is 1.95 bits per heavy atom. The fraction of sp³-hybridized carbons (Fsp3) is 0.560. The Kier molecular flexibility index (Phi) is 8.79. The molecule has 3 amide bonds. The Hall–Kier alpha value is -2.79. The second-order valence-electron chi connectivity index (χ2n) is 11.1. The Morgan fingerprint density at radius 3 is 2.54 bits per heavy atom. The highest BCUT2D eigenvalue weighted by Gasteiger charge is 2.45. The number of likely N-dealkylation sites (tertiary alicyclic amines) is 1. The lowest BCUT2D eigenvalue weighted by Gasteiger charge is -2.35. The van der Waals surface area contributed by atoms with E-state index in [-0.39, 0.29) is 19.5 Å². The Balaban J connectivity index is 1.76. The van der Waals surface area contributed by atoms with Crippen LogP contribution in [-0.4, -0.2) is 62.0 Å². The molecule has 0 spiro atoms. The molecule has 0 aliphatic carbocycles. The Bertz CT molecular complexity index is 1130. The van der Waals surface area contributed by atoms with Gasteiger partial charge >= 0.3 is 6.09 Å². The first-order valence-electron chi connectivity index (χ1n) is 11.9. The van der Waals surface area contributed by atoms with Gasteiger partial charge in [0.25, 0.3) is 0 Å². The summed E-state index contributed by atoms with van der Waals surface area (Å²) in [5, 5.41) is 5.91. The zero-order valence-corrected chi connectivity index (χ0v) is 23.4. The monoisotopic (exact) mass is 553 g/mol. The van der Waals surface area contributed by atoms with E-state index in [0.29, 0.717) is 16.3 Å². The van der Waals surface area contributed by atoms with E-state index < -0.39 is 47.2 Å². The van der Waals surface area contributed by atoms with Gasteiger partial charge in [-0.15, -0.1) is 0 Å². The number of alkyl carbamates (subject to hydrolysis) is 1. The van der Waals surface area contributed by atoms with Crippen molar-refractivity contribution in [3.05, 3.63) is 35.0 Å². The molecule has 0 bridgehead atoms. The van der Waals surface area contributed by atoms with E-state index in [1.807, 2.05) is 0 Å². The SMILES string of the molecule is CC(C)(C)OC(=O)N[C@@H](C(=O)N1C[C@H](F)C[C@H]1C(=O)NCc1cc(Cl)ccc1-c1cnsn1)C(C)(C)C. The lowest BCUT2D eigenvalue weighted by molar-refractivity contribution is -0.142. The van der Waals surface area contributed by atoms with E-state index in [2.05, 4.69) is 19.4 Å². The van der Waals surface area contributed by atoms with Crippen LogP contribution in [0.15, 0.2) is 24.4 Å². The van der Waals surface area contributed by atoms with Crippen molar-refractivity contribution < 1.29 is 23.5 Å². The summed E-state index contributed by atoms with van der Waals surface area (Å²) in [6, 6.07) is 3.17. The molecule has 1 aromatic carbocycles. The zero-order chi connectivity index (χ0) is 27.5. The first-order chi connectivity index (χ1) is 17.2. The highest BCUT2D eigenvalue weighted by Crippen LogP contribution is 2.29. The first kappa shape index (κ1) is 28.8. The van der Waals surface area contributed by atoms with Crippen LogP contribution in [0.4, 0.5) is 9.18 Å². The van der Waals surface area contributed by atoms with Gasteiger partial charge in [0.15, 0.2) is 0 Å². The predicted molar refractivity (Wildman–Crippen MR) is 140 cm³/mol. The molecular formula is C25H33ClFN5O4S. The zero-order valence-electron chi connectivity index (χ0n) is 21.8. The topological polar surface area (TPSA) is 114 Å². The third-order valence-electron chi connectivity index (χ3n) is 5.77. The number of benzene rings is 1. The summed E-state index contributed by atoms with van der Waals surface area (Å²) < 4.78 is 28.1. The van der Waals surface area contributed by atoms with Crippen LogP contribution >= 0.6 is 23.3 Å². The number of halogens is 2. The number of ether oxygens (including phenoxy) is 1. The Labute approximate surface area is 225 Å². The number of rotatable bonds is 6. The molecular weight excluding hydrogens is 521 g/mol. The van der Waals surface area contributed by atoms with Crippen LogP contribution in [0.1, 0.15) is 53.5 Å². The molecule has 2 aromatic rings. The summed E-state index contributed by atoms with van der Waals surface area (Å²) in [6.45, 7) is 10.3. The van der Waals surface area contributed by atoms with Crippen molar-refractivity contribution in [2.75, 3.05) is 6.54 Å². The molecule has 3 rings (SSSR count). The number of amides is 3. The molecule has 37 heavy (non-hydrogen) atoms. The average Bonchev–Trinajstić information content (AvgIpc) is 3.43. The van der Waals surface area contributed by atoms with Gasteiger partial charge in [0, 0.05) is 23.6 Å². The first-order valence-corrected chi connectivity index (χ1v) is 13.0. The maximum atomic E-state index is 14.5. The lowest BCUT2D eigenvalue weighted by Crippen LogP contribution is -2.58. The van der Waals surface area contributed by atoms with Crippen molar-refractivity contribution in [2.45, 2.75) is 78.4 Å². The van der Waals surface area contributed by atoms with Gasteiger partial charge in [-0.05, 0) is 43.9 Å². The summed E-state index contributed by atoms with van der Waals surface area (Å²) >= 11 is 7.23. The van der Waals surface area contributed by atoms with E-state index in [0.717, 1.165) is 17.3 Å². The van der Waals surface area contributed by atoms with Gasteiger partial charge in [0.05, 0.1) is 24.5 Å². The van der Waals surface area contributed by atoms with Crippen LogP contribution in [0.5, 0.6) is 0 Å². The summed E-state index contributed by atoms with van der Waals surface area (Å²) in [6.07, 6.45) is -0.652.